The Morgan fingerprint density at radius 3 is 2.63 bits per heavy atom. The van der Waals surface area contributed by atoms with Crippen LogP contribution in [0.15, 0.2) is 46.2 Å². The molecule has 2 heterocycles. The van der Waals surface area contributed by atoms with Crippen LogP contribution in [0.1, 0.15) is 23.1 Å². The van der Waals surface area contributed by atoms with Crippen molar-refractivity contribution in [1.29, 1.82) is 0 Å². The van der Waals surface area contributed by atoms with Crippen molar-refractivity contribution in [1.82, 2.24) is 10.2 Å². The summed E-state index contributed by atoms with van der Waals surface area (Å²) in [4.78, 5) is 0.999. The van der Waals surface area contributed by atoms with Crippen LogP contribution in [0.3, 0.4) is 0 Å². The normalized spacial score (nSPS) is 12.5. The molecule has 0 fully saturated rings. The lowest BCUT2D eigenvalue weighted by Crippen LogP contribution is -2.11. The monoisotopic (exact) mass is 271 g/mol. The molecule has 96 valence electrons. The van der Waals surface area contributed by atoms with Gasteiger partial charge in [-0.05, 0) is 29.5 Å². The highest BCUT2D eigenvalue weighted by molar-refractivity contribution is 7.13. The Labute approximate surface area is 114 Å². The van der Waals surface area contributed by atoms with Gasteiger partial charge in [-0.3, -0.25) is 0 Å². The van der Waals surface area contributed by atoms with Gasteiger partial charge < -0.3 is 10.2 Å². The molecule has 0 aliphatic rings. The van der Waals surface area contributed by atoms with Gasteiger partial charge in [0.25, 0.3) is 5.89 Å². The van der Waals surface area contributed by atoms with Crippen LogP contribution in [0, 0.1) is 6.92 Å². The van der Waals surface area contributed by atoms with Gasteiger partial charge in [-0.15, -0.1) is 21.5 Å². The van der Waals surface area contributed by atoms with Gasteiger partial charge in [0.15, 0.2) is 0 Å². The van der Waals surface area contributed by atoms with E-state index in [2.05, 4.69) is 10.2 Å². The molecule has 1 aromatic carbocycles. The van der Waals surface area contributed by atoms with E-state index in [1.165, 1.54) is 0 Å². The minimum atomic E-state index is -0.386. The van der Waals surface area contributed by atoms with E-state index in [4.69, 9.17) is 10.2 Å². The maximum absolute atomic E-state index is 6.13. The molecule has 3 rings (SSSR count). The van der Waals surface area contributed by atoms with E-state index in [0.717, 1.165) is 16.0 Å². The number of aromatic nitrogens is 2. The fourth-order valence-corrected chi connectivity index (χ4v) is 2.69. The van der Waals surface area contributed by atoms with E-state index in [1.54, 1.807) is 11.3 Å². The van der Waals surface area contributed by atoms with E-state index in [-0.39, 0.29) is 6.04 Å². The van der Waals surface area contributed by atoms with Gasteiger partial charge in [-0.1, -0.05) is 30.3 Å². The largest absolute Gasteiger partial charge is 0.418 e. The third kappa shape index (κ3) is 2.30. The summed E-state index contributed by atoms with van der Waals surface area (Å²) in [5.41, 5.74) is 8.22. The number of nitrogens with two attached hydrogens (primary N) is 1. The number of aryl methyl sites for hydroxylation is 1. The summed E-state index contributed by atoms with van der Waals surface area (Å²) in [6, 6.07) is 11.4. The van der Waals surface area contributed by atoms with Gasteiger partial charge in [0, 0.05) is 0 Å². The van der Waals surface area contributed by atoms with E-state index in [0.29, 0.717) is 11.8 Å². The van der Waals surface area contributed by atoms with Crippen LogP contribution in [-0.2, 0) is 0 Å². The number of thiophene rings is 1. The van der Waals surface area contributed by atoms with Crippen molar-refractivity contribution in [2.75, 3.05) is 0 Å². The highest BCUT2D eigenvalue weighted by atomic mass is 32.1. The molecule has 2 aromatic heterocycles. The summed E-state index contributed by atoms with van der Waals surface area (Å²) in [5.74, 6) is 0.975. The van der Waals surface area contributed by atoms with Crippen LogP contribution in [0.4, 0.5) is 0 Å². The summed E-state index contributed by atoms with van der Waals surface area (Å²) < 4.78 is 5.69. The lowest BCUT2D eigenvalue weighted by atomic mass is 10.1. The van der Waals surface area contributed by atoms with E-state index >= 15 is 0 Å². The maximum atomic E-state index is 6.13. The lowest BCUT2D eigenvalue weighted by Gasteiger charge is -2.06. The molecular weight excluding hydrogens is 258 g/mol. The fraction of sp³-hybridized carbons (Fsp3) is 0.143. The Kier molecular flexibility index (Phi) is 3.15. The van der Waals surface area contributed by atoms with Crippen LogP contribution in [0.5, 0.6) is 0 Å². The second-order valence-corrected chi connectivity index (χ2v) is 5.18. The van der Waals surface area contributed by atoms with Crippen LogP contribution in [0.25, 0.3) is 10.8 Å². The third-order valence-corrected chi connectivity index (χ3v) is 3.93. The Bertz CT molecular complexity index is 675. The molecule has 0 bridgehead atoms. The topological polar surface area (TPSA) is 64.9 Å². The van der Waals surface area contributed by atoms with Gasteiger partial charge in [0.1, 0.15) is 6.04 Å². The molecular formula is C14H13N3OS. The quantitative estimate of drug-likeness (QED) is 0.794. The lowest BCUT2D eigenvalue weighted by molar-refractivity contribution is 0.485. The van der Waals surface area contributed by atoms with Crippen LogP contribution >= 0.6 is 11.3 Å². The number of hydrogen-bond acceptors (Lipinski definition) is 5. The molecule has 0 saturated heterocycles. The van der Waals surface area contributed by atoms with Crippen molar-refractivity contribution in [2.45, 2.75) is 13.0 Å². The predicted molar refractivity (Wildman–Crippen MR) is 74.8 cm³/mol. The first-order valence-corrected chi connectivity index (χ1v) is 6.82. The minimum absolute atomic E-state index is 0.386. The van der Waals surface area contributed by atoms with Gasteiger partial charge in [0.05, 0.1) is 4.88 Å². The first-order valence-electron chi connectivity index (χ1n) is 5.94. The average molecular weight is 271 g/mol. The molecule has 0 saturated carbocycles. The second-order valence-electron chi connectivity index (χ2n) is 4.27. The number of nitrogens with zero attached hydrogens (tertiary/aromatic N) is 2. The maximum Gasteiger partial charge on any atom is 0.258 e. The third-order valence-electron chi connectivity index (χ3n) is 2.92. The average Bonchev–Trinajstić information content (AvgIpc) is 3.07. The molecule has 4 nitrogen and oxygen atoms in total. The van der Waals surface area contributed by atoms with Gasteiger partial charge in [0.2, 0.25) is 5.89 Å². The van der Waals surface area contributed by atoms with Crippen LogP contribution < -0.4 is 5.73 Å². The minimum Gasteiger partial charge on any atom is -0.418 e. The molecule has 3 aromatic rings. The Balaban J connectivity index is 1.92. The van der Waals surface area contributed by atoms with Gasteiger partial charge >= 0.3 is 0 Å². The Hall–Kier alpha value is -1.98. The number of hydrogen-bond donors (Lipinski definition) is 1. The summed E-state index contributed by atoms with van der Waals surface area (Å²) in [7, 11) is 0. The molecule has 0 amide bonds. The highest BCUT2D eigenvalue weighted by Gasteiger charge is 2.18. The summed E-state index contributed by atoms with van der Waals surface area (Å²) in [6.45, 7) is 2.02. The molecule has 0 spiro atoms. The van der Waals surface area contributed by atoms with Crippen molar-refractivity contribution >= 4 is 11.3 Å². The van der Waals surface area contributed by atoms with Crippen LogP contribution in [0.2, 0.25) is 0 Å². The summed E-state index contributed by atoms with van der Waals surface area (Å²) >= 11 is 1.59. The molecule has 0 aliphatic carbocycles. The first-order chi connectivity index (χ1) is 9.25. The number of rotatable bonds is 3. The first kappa shape index (κ1) is 12.1. The van der Waals surface area contributed by atoms with Crippen molar-refractivity contribution < 1.29 is 4.42 Å². The van der Waals surface area contributed by atoms with Gasteiger partial charge in [-0.25, -0.2) is 0 Å². The summed E-state index contributed by atoms with van der Waals surface area (Å²) in [5, 5.41) is 10.1. The SMILES string of the molecule is Cc1ccsc1-c1nnc(C(N)c2ccccc2)o1. The van der Waals surface area contributed by atoms with Crippen molar-refractivity contribution in [2.24, 2.45) is 5.73 Å². The Morgan fingerprint density at radius 2 is 1.95 bits per heavy atom. The Morgan fingerprint density at radius 1 is 1.16 bits per heavy atom. The van der Waals surface area contributed by atoms with Crippen molar-refractivity contribution in [3.05, 3.63) is 58.8 Å². The molecule has 0 aliphatic heterocycles. The molecule has 19 heavy (non-hydrogen) atoms. The molecule has 5 heteroatoms. The van der Waals surface area contributed by atoms with E-state index in [1.807, 2.05) is 48.7 Å². The summed E-state index contributed by atoms with van der Waals surface area (Å²) in [6.07, 6.45) is 0. The molecule has 1 atom stereocenters. The zero-order chi connectivity index (χ0) is 13.2. The smallest absolute Gasteiger partial charge is 0.258 e. The van der Waals surface area contributed by atoms with Crippen molar-refractivity contribution in [3.63, 3.8) is 0 Å². The van der Waals surface area contributed by atoms with E-state index < -0.39 is 0 Å². The zero-order valence-corrected chi connectivity index (χ0v) is 11.2. The molecule has 1 unspecified atom stereocenters. The second kappa shape index (κ2) is 4.95. The molecule has 2 N–H and O–H groups in total. The number of benzene rings is 1. The van der Waals surface area contributed by atoms with Crippen LogP contribution in [-0.4, -0.2) is 10.2 Å². The zero-order valence-electron chi connectivity index (χ0n) is 10.4. The fourth-order valence-electron chi connectivity index (χ4n) is 1.85. The standard InChI is InChI=1S/C14H13N3OS/c1-9-7-8-19-12(9)14-17-16-13(18-14)11(15)10-5-3-2-4-6-10/h2-8,11H,15H2,1H3. The highest BCUT2D eigenvalue weighted by Crippen LogP contribution is 2.29. The molecule has 0 radical (unpaired) electrons. The van der Waals surface area contributed by atoms with Crippen molar-refractivity contribution in [3.8, 4) is 10.8 Å². The van der Waals surface area contributed by atoms with E-state index in [9.17, 15) is 0 Å². The van der Waals surface area contributed by atoms with Gasteiger partial charge in [-0.2, -0.15) is 0 Å². The predicted octanol–water partition coefficient (Wildman–Crippen LogP) is 3.15.